The van der Waals surface area contributed by atoms with Crippen molar-refractivity contribution in [3.63, 3.8) is 0 Å². The van der Waals surface area contributed by atoms with Gasteiger partial charge >= 0.3 is 0 Å². The highest BCUT2D eigenvalue weighted by Crippen LogP contribution is 2.25. The molecule has 0 aliphatic carbocycles. The first-order valence-electron chi connectivity index (χ1n) is 8.70. The van der Waals surface area contributed by atoms with Crippen LogP contribution in [0.1, 0.15) is 5.69 Å². The molecule has 150 valence electrons. The van der Waals surface area contributed by atoms with Crippen LogP contribution in [0.2, 0.25) is 0 Å². The maximum absolute atomic E-state index is 12.4. The molecule has 1 N–H and O–H groups in total. The molecule has 0 radical (unpaired) electrons. The third kappa shape index (κ3) is 4.52. The summed E-state index contributed by atoms with van der Waals surface area (Å²) in [5, 5.41) is 4.88. The van der Waals surface area contributed by atoms with Crippen LogP contribution < -0.4 is 14.8 Å². The Morgan fingerprint density at radius 3 is 2.28 bits per heavy atom. The van der Waals surface area contributed by atoms with E-state index in [4.69, 9.17) is 9.47 Å². The van der Waals surface area contributed by atoms with Crippen LogP contribution >= 0.6 is 23.7 Å². The number of nitrogens with zero attached hydrogens (tertiary/aromatic N) is 2. The number of halogens is 1. The van der Waals surface area contributed by atoms with Crippen LogP contribution in [-0.2, 0) is 11.2 Å². The Morgan fingerprint density at radius 1 is 1.03 bits per heavy atom. The number of carbonyl (C=O) groups is 1. The molecule has 6 nitrogen and oxygen atoms in total. The standard InChI is InChI=1S/C21H19N3O3S.ClH/c1-26-17-7-3-14(4-8-17)19-12-24-16(13-28-21(24)23-19)11-20(25)22-15-5-9-18(27-2)10-6-15;/h3-10,12-13H,11H2,1-2H3,(H,22,25);1H. The second kappa shape index (κ2) is 8.98. The lowest BCUT2D eigenvalue weighted by Crippen LogP contribution is -2.15. The van der Waals surface area contributed by atoms with Gasteiger partial charge in [-0.3, -0.25) is 9.20 Å². The highest BCUT2D eigenvalue weighted by atomic mass is 35.5. The van der Waals surface area contributed by atoms with E-state index >= 15 is 0 Å². The van der Waals surface area contributed by atoms with Crippen molar-refractivity contribution >= 4 is 40.3 Å². The first-order chi connectivity index (χ1) is 13.7. The Morgan fingerprint density at radius 2 is 1.66 bits per heavy atom. The summed E-state index contributed by atoms with van der Waals surface area (Å²) in [5.41, 5.74) is 3.51. The largest absolute Gasteiger partial charge is 0.497 e. The molecule has 4 rings (SSSR count). The van der Waals surface area contributed by atoms with Crippen molar-refractivity contribution in [2.75, 3.05) is 19.5 Å². The minimum atomic E-state index is -0.0791. The second-order valence-electron chi connectivity index (χ2n) is 6.19. The van der Waals surface area contributed by atoms with Crippen molar-refractivity contribution in [1.82, 2.24) is 9.38 Å². The number of ether oxygens (including phenoxy) is 2. The lowest BCUT2D eigenvalue weighted by Gasteiger charge is -2.06. The van der Waals surface area contributed by atoms with Gasteiger partial charge in [0.15, 0.2) is 4.96 Å². The van der Waals surface area contributed by atoms with Crippen LogP contribution in [0.4, 0.5) is 5.69 Å². The number of carbonyl (C=O) groups excluding carboxylic acids is 1. The number of fused-ring (bicyclic) bond motifs is 1. The summed E-state index contributed by atoms with van der Waals surface area (Å²) in [6.07, 6.45) is 2.23. The van der Waals surface area contributed by atoms with E-state index in [0.29, 0.717) is 0 Å². The van der Waals surface area contributed by atoms with Crippen molar-refractivity contribution < 1.29 is 14.3 Å². The van der Waals surface area contributed by atoms with E-state index in [1.807, 2.05) is 64.5 Å². The van der Waals surface area contributed by atoms with Crippen LogP contribution in [0, 0.1) is 0 Å². The first-order valence-corrected chi connectivity index (χ1v) is 9.58. The number of nitrogens with one attached hydrogen (secondary N) is 1. The summed E-state index contributed by atoms with van der Waals surface area (Å²) in [6, 6.07) is 15.0. The number of anilines is 1. The van der Waals surface area contributed by atoms with E-state index < -0.39 is 0 Å². The van der Waals surface area contributed by atoms with Gasteiger partial charge in [0.2, 0.25) is 5.91 Å². The predicted octanol–water partition coefficient (Wildman–Crippen LogP) is 4.68. The number of rotatable bonds is 6. The maximum Gasteiger partial charge on any atom is 0.230 e. The predicted molar refractivity (Wildman–Crippen MR) is 118 cm³/mol. The van der Waals surface area contributed by atoms with E-state index in [2.05, 4.69) is 10.3 Å². The number of hydrogen-bond donors (Lipinski definition) is 1. The normalized spacial score (nSPS) is 10.4. The Kier molecular flexibility index (Phi) is 6.41. The molecule has 0 aliphatic heterocycles. The number of methoxy groups -OCH3 is 2. The van der Waals surface area contributed by atoms with Gasteiger partial charge < -0.3 is 14.8 Å². The zero-order valence-electron chi connectivity index (χ0n) is 15.9. The molecule has 1 amide bonds. The van der Waals surface area contributed by atoms with Gasteiger partial charge in [0.25, 0.3) is 0 Å². The molecule has 2 aromatic heterocycles. The average Bonchev–Trinajstić information content (AvgIpc) is 3.30. The van der Waals surface area contributed by atoms with Crippen molar-refractivity contribution in [3.05, 3.63) is 65.8 Å². The highest BCUT2D eigenvalue weighted by Gasteiger charge is 2.13. The van der Waals surface area contributed by atoms with Crippen LogP contribution in [0.3, 0.4) is 0 Å². The maximum atomic E-state index is 12.4. The zero-order valence-corrected chi connectivity index (χ0v) is 17.5. The average molecular weight is 430 g/mol. The van der Waals surface area contributed by atoms with E-state index in [1.165, 1.54) is 11.3 Å². The summed E-state index contributed by atoms with van der Waals surface area (Å²) < 4.78 is 12.3. The fraction of sp³-hybridized carbons (Fsp3) is 0.143. The molecule has 0 spiro atoms. The van der Waals surface area contributed by atoms with Gasteiger partial charge in [0, 0.05) is 28.5 Å². The van der Waals surface area contributed by atoms with Crippen LogP contribution in [0.5, 0.6) is 11.5 Å². The third-order valence-electron chi connectivity index (χ3n) is 4.38. The van der Waals surface area contributed by atoms with Crippen LogP contribution in [0.15, 0.2) is 60.1 Å². The van der Waals surface area contributed by atoms with Crippen LogP contribution in [0.25, 0.3) is 16.2 Å². The molecule has 0 unspecified atom stereocenters. The van der Waals surface area contributed by atoms with E-state index in [-0.39, 0.29) is 24.7 Å². The number of amides is 1. The lowest BCUT2D eigenvalue weighted by atomic mass is 10.2. The molecule has 0 fully saturated rings. The molecule has 0 bridgehead atoms. The third-order valence-corrected chi connectivity index (χ3v) is 5.27. The summed E-state index contributed by atoms with van der Waals surface area (Å²) in [4.78, 5) is 18.0. The quantitative estimate of drug-likeness (QED) is 0.483. The molecular weight excluding hydrogens is 410 g/mol. The molecule has 4 aromatic rings. The number of hydrogen-bond acceptors (Lipinski definition) is 5. The lowest BCUT2D eigenvalue weighted by molar-refractivity contribution is -0.115. The molecule has 0 saturated heterocycles. The van der Waals surface area contributed by atoms with Crippen molar-refractivity contribution in [1.29, 1.82) is 0 Å². The van der Waals surface area contributed by atoms with Gasteiger partial charge in [0.05, 0.1) is 26.3 Å². The Hall–Kier alpha value is -3.03. The van der Waals surface area contributed by atoms with Gasteiger partial charge in [-0.25, -0.2) is 4.98 Å². The fourth-order valence-corrected chi connectivity index (χ4v) is 3.77. The Balaban J connectivity index is 0.00000240. The fourth-order valence-electron chi connectivity index (χ4n) is 2.90. The van der Waals surface area contributed by atoms with Gasteiger partial charge in [-0.05, 0) is 48.5 Å². The number of benzene rings is 2. The summed E-state index contributed by atoms with van der Waals surface area (Å²) >= 11 is 1.52. The molecular formula is C21H20ClN3O3S. The molecule has 0 saturated carbocycles. The molecule has 29 heavy (non-hydrogen) atoms. The van der Waals surface area contributed by atoms with Crippen molar-refractivity contribution in [3.8, 4) is 22.8 Å². The second-order valence-corrected chi connectivity index (χ2v) is 7.02. The van der Waals surface area contributed by atoms with Gasteiger partial charge in [-0.1, -0.05) is 0 Å². The minimum Gasteiger partial charge on any atom is -0.497 e. The topological polar surface area (TPSA) is 64.9 Å². The molecule has 8 heteroatoms. The minimum absolute atomic E-state index is 0. The Bertz CT molecular complexity index is 1100. The van der Waals surface area contributed by atoms with Crippen molar-refractivity contribution in [2.24, 2.45) is 0 Å². The van der Waals surface area contributed by atoms with Crippen molar-refractivity contribution in [2.45, 2.75) is 6.42 Å². The van der Waals surface area contributed by atoms with E-state index in [1.54, 1.807) is 14.2 Å². The molecule has 2 heterocycles. The van der Waals surface area contributed by atoms with Gasteiger partial charge in [-0.2, -0.15) is 0 Å². The number of thiazole rings is 1. The smallest absolute Gasteiger partial charge is 0.230 e. The molecule has 2 aromatic carbocycles. The zero-order chi connectivity index (χ0) is 19.5. The highest BCUT2D eigenvalue weighted by molar-refractivity contribution is 7.15. The van der Waals surface area contributed by atoms with Gasteiger partial charge in [0.1, 0.15) is 11.5 Å². The SMILES string of the molecule is COc1ccc(NC(=O)Cc2csc3nc(-c4ccc(OC)cc4)cn23)cc1.Cl. The monoisotopic (exact) mass is 429 g/mol. The van der Waals surface area contributed by atoms with E-state index in [0.717, 1.165) is 39.1 Å². The van der Waals surface area contributed by atoms with Crippen LogP contribution in [-0.4, -0.2) is 29.5 Å². The summed E-state index contributed by atoms with van der Waals surface area (Å²) in [5.74, 6) is 1.48. The summed E-state index contributed by atoms with van der Waals surface area (Å²) in [6.45, 7) is 0. The first kappa shape index (κ1) is 20.7. The summed E-state index contributed by atoms with van der Waals surface area (Å²) in [7, 11) is 3.26. The van der Waals surface area contributed by atoms with E-state index in [9.17, 15) is 4.79 Å². The Labute approximate surface area is 178 Å². The number of imidazole rings is 1. The molecule has 0 atom stereocenters. The van der Waals surface area contributed by atoms with Gasteiger partial charge in [-0.15, -0.1) is 23.7 Å². The number of aromatic nitrogens is 2. The molecule has 0 aliphatic rings.